The number of esters is 3. The number of unbranched alkanes of at least 4 members (excludes halogenated alkanes) is 8. The van der Waals surface area contributed by atoms with Crippen molar-refractivity contribution < 1.29 is 33.3 Å². The Morgan fingerprint density at radius 1 is 0.789 bits per heavy atom. The molecule has 0 fully saturated rings. The number of rotatable bonds is 14. The van der Waals surface area contributed by atoms with Gasteiger partial charge in [0.05, 0.1) is 0 Å². The summed E-state index contributed by atoms with van der Waals surface area (Å²) in [5, 5.41) is 0. The minimum atomic E-state index is -0.474. The smallest absolute Gasteiger partial charge is 0.311 e. The summed E-state index contributed by atoms with van der Waals surface area (Å²) in [7, 11) is 0. The first-order valence-electron chi connectivity index (χ1n) is 13.9. The summed E-state index contributed by atoms with van der Waals surface area (Å²) < 4.78 is 22.4. The summed E-state index contributed by atoms with van der Waals surface area (Å²) in [6.45, 7) is 4.90. The molecule has 0 amide bonds. The van der Waals surface area contributed by atoms with Gasteiger partial charge < -0.3 is 18.9 Å². The van der Waals surface area contributed by atoms with Crippen LogP contribution in [0, 0.1) is 0 Å². The molecule has 0 aliphatic carbocycles. The Morgan fingerprint density at radius 2 is 1.42 bits per heavy atom. The Labute approximate surface area is 225 Å². The van der Waals surface area contributed by atoms with Crippen molar-refractivity contribution >= 4 is 17.9 Å². The van der Waals surface area contributed by atoms with Gasteiger partial charge in [0.15, 0.2) is 0 Å². The molecule has 1 atom stereocenters. The molecule has 1 heterocycles. The molecule has 0 aromatic heterocycles. The molecule has 2 aromatic rings. The normalized spacial score (nSPS) is 14.2. The van der Waals surface area contributed by atoms with Gasteiger partial charge in [0.1, 0.15) is 29.1 Å². The second-order valence-electron chi connectivity index (χ2n) is 9.85. The Bertz CT molecular complexity index is 1090. The monoisotopic (exact) mass is 524 g/mol. The Kier molecular flexibility index (Phi) is 11.7. The number of hydrogen-bond acceptors (Lipinski definition) is 7. The predicted octanol–water partition coefficient (Wildman–Crippen LogP) is 7.43. The second kappa shape index (κ2) is 15.2. The molecule has 206 valence electrons. The fraction of sp³-hybridized carbons (Fsp3) is 0.516. The van der Waals surface area contributed by atoms with Crippen molar-refractivity contribution in [3.63, 3.8) is 0 Å². The highest BCUT2D eigenvalue weighted by Crippen LogP contribution is 2.41. The number of carbonyl (C=O) groups excluding carboxylic acids is 3. The van der Waals surface area contributed by atoms with E-state index in [1.165, 1.54) is 52.4 Å². The topological polar surface area (TPSA) is 88.1 Å². The predicted molar refractivity (Wildman–Crippen MR) is 145 cm³/mol. The third kappa shape index (κ3) is 9.51. The van der Waals surface area contributed by atoms with Crippen LogP contribution in [-0.2, 0) is 20.8 Å². The molecule has 0 bridgehead atoms. The Balaban J connectivity index is 1.57. The number of benzene rings is 2. The molecular weight excluding hydrogens is 484 g/mol. The van der Waals surface area contributed by atoms with Gasteiger partial charge in [-0.15, -0.1) is 0 Å². The summed E-state index contributed by atoms with van der Waals surface area (Å²) in [6, 6.07) is 10.4. The highest BCUT2D eigenvalue weighted by atomic mass is 16.6. The maximum atomic E-state index is 12.4. The summed E-state index contributed by atoms with van der Waals surface area (Å²) in [5.41, 5.74) is 1.69. The maximum absolute atomic E-state index is 12.4. The van der Waals surface area contributed by atoms with E-state index < -0.39 is 11.9 Å². The molecule has 0 spiro atoms. The van der Waals surface area contributed by atoms with Crippen molar-refractivity contribution in [1.82, 2.24) is 0 Å². The first-order chi connectivity index (χ1) is 18.4. The number of aryl methyl sites for hydroxylation is 1. The molecule has 0 radical (unpaired) electrons. The van der Waals surface area contributed by atoms with Crippen LogP contribution >= 0.6 is 0 Å². The lowest BCUT2D eigenvalue weighted by molar-refractivity contribution is -0.134. The second-order valence-corrected chi connectivity index (χ2v) is 9.85. The van der Waals surface area contributed by atoms with E-state index in [2.05, 4.69) is 6.92 Å². The molecule has 1 aliphatic rings. The fourth-order valence-corrected chi connectivity index (χ4v) is 4.65. The van der Waals surface area contributed by atoms with Crippen molar-refractivity contribution in [2.75, 3.05) is 0 Å². The van der Waals surface area contributed by atoms with E-state index >= 15 is 0 Å². The first-order valence-corrected chi connectivity index (χ1v) is 13.9. The lowest BCUT2D eigenvalue weighted by Gasteiger charge is -2.28. The van der Waals surface area contributed by atoms with Gasteiger partial charge in [-0.25, -0.2) is 0 Å². The highest BCUT2D eigenvalue weighted by molar-refractivity contribution is 5.73. The van der Waals surface area contributed by atoms with E-state index in [0.29, 0.717) is 41.4 Å². The van der Waals surface area contributed by atoms with Crippen LogP contribution in [0.2, 0.25) is 0 Å². The molecule has 38 heavy (non-hydrogen) atoms. The number of ether oxygens (including phenoxy) is 4. The third-order valence-corrected chi connectivity index (χ3v) is 6.55. The standard InChI is InChI=1S/C31H40O7/c1-4-5-6-7-8-9-10-11-12-13-31(34)37-26-17-18-27(30(21-26)36-23(3)33)28-19-15-24-14-16-25(35-22(2)32)20-29(24)38-28/h14,16-18,20-21,28H,4-13,15,19H2,1-3H3. The van der Waals surface area contributed by atoms with Gasteiger partial charge in [-0.1, -0.05) is 64.4 Å². The van der Waals surface area contributed by atoms with E-state index in [-0.39, 0.29) is 12.1 Å². The average molecular weight is 525 g/mol. The maximum Gasteiger partial charge on any atom is 0.311 e. The Hall–Kier alpha value is -3.35. The van der Waals surface area contributed by atoms with Gasteiger partial charge in [-0.05, 0) is 43.0 Å². The van der Waals surface area contributed by atoms with Crippen molar-refractivity contribution in [3.8, 4) is 23.0 Å². The largest absolute Gasteiger partial charge is 0.485 e. The van der Waals surface area contributed by atoms with E-state index in [9.17, 15) is 14.4 Å². The van der Waals surface area contributed by atoms with Crippen molar-refractivity contribution in [1.29, 1.82) is 0 Å². The van der Waals surface area contributed by atoms with Gasteiger partial charge in [0, 0.05) is 38.0 Å². The zero-order valence-electron chi connectivity index (χ0n) is 22.9. The van der Waals surface area contributed by atoms with Crippen LogP contribution in [0.4, 0.5) is 0 Å². The van der Waals surface area contributed by atoms with Gasteiger partial charge in [-0.2, -0.15) is 0 Å². The molecule has 0 saturated carbocycles. The number of hydrogen-bond donors (Lipinski definition) is 0. The Morgan fingerprint density at radius 3 is 2.11 bits per heavy atom. The molecule has 7 heteroatoms. The average Bonchev–Trinajstić information content (AvgIpc) is 2.87. The van der Waals surface area contributed by atoms with Gasteiger partial charge in [-0.3, -0.25) is 14.4 Å². The van der Waals surface area contributed by atoms with Crippen molar-refractivity contribution in [3.05, 3.63) is 47.5 Å². The molecule has 2 aromatic carbocycles. The first kappa shape index (κ1) is 29.2. The van der Waals surface area contributed by atoms with E-state index in [4.69, 9.17) is 18.9 Å². The van der Waals surface area contributed by atoms with Crippen molar-refractivity contribution in [2.24, 2.45) is 0 Å². The van der Waals surface area contributed by atoms with Crippen LogP contribution in [0.1, 0.15) is 109 Å². The highest BCUT2D eigenvalue weighted by Gasteiger charge is 2.26. The van der Waals surface area contributed by atoms with Crippen LogP contribution in [0.3, 0.4) is 0 Å². The van der Waals surface area contributed by atoms with Crippen molar-refractivity contribution in [2.45, 2.75) is 104 Å². The zero-order valence-corrected chi connectivity index (χ0v) is 22.9. The molecular formula is C31H40O7. The molecule has 0 saturated heterocycles. The quantitative estimate of drug-likeness (QED) is 0.144. The summed E-state index contributed by atoms with van der Waals surface area (Å²) in [5.74, 6) is 0.483. The fourth-order valence-electron chi connectivity index (χ4n) is 4.65. The molecule has 1 unspecified atom stereocenters. The van der Waals surface area contributed by atoms with Crippen LogP contribution < -0.4 is 18.9 Å². The summed E-state index contributed by atoms with van der Waals surface area (Å²) in [6.07, 6.45) is 12.0. The number of fused-ring (bicyclic) bond motifs is 1. The zero-order chi connectivity index (χ0) is 27.3. The minimum Gasteiger partial charge on any atom is -0.485 e. The molecule has 0 N–H and O–H groups in total. The van der Waals surface area contributed by atoms with E-state index in [1.54, 1.807) is 30.3 Å². The summed E-state index contributed by atoms with van der Waals surface area (Å²) in [4.78, 5) is 35.5. The van der Waals surface area contributed by atoms with Gasteiger partial charge in [0.2, 0.25) is 0 Å². The van der Waals surface area contributed by atoms with Crippen LogP contribution in [0.25, 0.3) is 0 Å². The van der Waals surface area contributed by atoms with Crippen LogP contribution in [-0.4, -0.2) is 17.9 Å². The lowest BCUT2D eigenvalue weighted by Crippen LogP contribution is -2.17. The molecule has 7 nitrogen and oxygen atoms in total. The van der Waals surface area contributed by atoms with Gasteiger partial charge >= 0.3 is 17.9 Å². The lowest BCUT2D eigenvalue weighted by atomic mass is 9.96. The van der Waals surface area contributed by atoms with E-state index in [1.807, 2.05) is 6.07 Å². The van der Waals surface area contributed by atoms with Crippen LogP contribution in [0.5, 0.6) is 23.0 Å². The minimum absolute atomic E-state index is 0.296. The third-order valence-electron chi connectivity index (χ3n) is 6.55. The number of carbonyl (C=O) groups is 3. The SMILES string of the molecule is CCCCCCCCCCCC(=O)Oc1ccc(C2CCc3ccc(OC(C)=O)cc3O2)c(OC(C)=O)c1. The van der Waals surface area contributed by atoms with Crippen LogP contribution in [0.15, 0.2) is 36.4 Å². The van der Waals surface area contributed by atoms with Gasteiger partial charge in [0.25, 0.3) is 0 Å². The molecule has 3 rings (SSSR count). The molecule has 1 aliphatic heterocycles. The summed E-state index contributed by atoms with van der Waals surface area (Å²) >= 11 is 0. The van der Waals surface area contributed by atoms with E-state index in [0.717, 1.165) is 31.2 Å².